The van der Waals surface area contributed by atoms with Gasteiger partial charge in [-0.05, 0) is 25.5 Å². The van der Waals surface area contributed by atoms with Gasteiger partial charge in [0, 0.05) is 38.4 Å². The van der Waals surface area contributed by atoms with Crippen LogP contribution in [0.15, 0.2) is 18.3 Å². The molecule has 0 radical (unpaired) electrons. The van der Waals surface area contributed by atoms with E-state index >= 15 is 0 Å². The van der Waals surface area contributed by atoms with E-state index in [2.05, 4.69) is 30.2 Å². The predicted molar refractivity (Wildman–Crippen MR) is 83.8 cm³/mol. The van der Waals surface area contributed by atoms with Crippen molar-refractivity contribution >= 4 is 0 Å². The minimum Gasteiger partial charge on any atom is -0.478 e. The van der Waals surface area contributed by atoms with Crippen LogP contribution in [0.2, 0.25) is 0 Å². The van der Waals surface area contributed by atoms with Gasteiger partial charge in [0.15, 0.2) is 0 Å². The molecule has 0 aliphatic rings. The molecular formula is C16H28N2O3. The highest BCUT2D eigenvalue weighted by Crippen LogP contribution is 2.14. The highest BCUT2D eigenvalue weighted by molar-refractivity contribution is 5.20. The minimum atomic E-state index is 0.320. The van der Waals surface area contributed by atoms with Crippen molar-refractivity contribution in [2.24, 2.45) is 0 Å². The van der Waals surface area contributed by atoms with Crippen molar-refractivity contribution in [3.05, 3.63) is 23.9 Å². The Labute approximate surface area is 128 Å². The minimum absolute atomic E-state index is 0.320. The predicted octanol–water partition coefficient (Wildman–Crippen LogP) is 2.57. The van der Waals surface area contributed by atoms with E-state index in [0.717, 1.165) is 19.4 Å². The summed E-state index contributed by atoms with van der Waals surface area (Å²) in [5.41, 5.74) is 1.18. The van der Waals surface area contributed by atoms with Crippen molar-refractivity contribution in [3.63, 3.8) is 0 Å². The number of methoxy groups -OCH3 is 1. The summed E-state index contributed by atoms with van der Waals surface area (Å²) in [6.07, 6.45) is 3.85. The lowest BCUT2D eigenvalue weighted by atomic mass is 10.1. The first-order valence-electron chi connectivity index (χ1n) is 7.66. The van der Waals surface area contributed by atoms with Crippen LogP contribution in [0.1, 0.15) is 38.3 Å². The summed E-state index contributed by atoms with van der Waals surface area (Å²) < 4.78 is 15.9. The van der Waals surface area contributed by atoms with E-state index in [0.29, 0.717) is 38.3 Å². The van der Waals surface area contributed by atoms with E-state index in [-0.39, 0.29) is 0 Å². The summed E-state index contributed by atoms with van der Waals surface area (Å²) in [5, 5.41) is 3.44. The molecule has 1 atom stereocenters. The summed E-state index contributed by atoms with van der Waals surface area (Å²) in [6, 6.07) is 4.30. The average molecular weight is 296 g/mol. The summed E-state index contributed by atoms with van der Waals surface area (Å²) >= 11 is 0. The van der Waals surface area contributed by atoms with Crippen molar-refractivity contribution in [3.8, 4) is 5.88 Å². The van der Waals surface area contributed by atoms with Crippen LogP contribution < -0.4 is 10.1 Å². The number of nitrogens with one attached hydrogen (secondary N) is 1. The number of hydrogen-bond acceptors (Lipinski definition) is 5. The molecule has 1 unspecified atom stereocenters. The lowest BCUT2D eigenvalue weighted by molar-refractivity contribution is 0.0642. The molecule has 0 saturated carbocycles. The summed E-state index contributed by atoms with van der Waals surface area (Å²) in [6.45, 7) is 7.88. The van der Waals surface area contributed by atoms with Crippen molar-refractivity contribution in [1.29, 1.82) is 0 Å². The quantitative estimate of drug-likeness (QED) is 0.601. The maximum Gasteiger partial charge on any atom is 0.213 e. The molecule has 0 amide bonds. The fraction of sp³-hybridized carbons (Fsp3) is 0.688. The lowest BCUT2D eigenvalue weighted by Gasteiger charge is -2.13. The maximum absolute atomic E-state index is 5.59. The number of pyridine rings is 1. The molecule has 0 aliphatic heterocycles. The van der Waals surface area contributed by atoms with Crippen molar-refractivity contribution < 1.29 is 14.2 Å². The molecule has 0 aliphatic carbocycles. The van der Waals surface area contributed by atoms with E-state index < -0.39 is 0 Å². The van der Waals surface area contributed by atoms with Gasteiger partial charge in [-0.2, -0.15) is 0 Å². The van der Waals surface area contributed by atoms with Gasteiger partial charge >= 0.3 is 0 Å². The lowest BCUT2D eigenvalue weighted by Crippen LogP contribution is -2.19. The van der Waals surface area contributed by atoms with Crippen molar-refractivity contribution in [1.82, 2.24) is 10.3 Å². The monoisotopic (exact) mass is 296 g/mol. The van der Waals surface area contributed by atoms with E-state index in [1.54, 1.807) is 7.11 Å². The zero-order chi connectivity index (χ0) is 15.3. The smallest absolute Gasteiger partial charge is 0.213 e. The molecule has 0 bridgehead atoms. The molecule has 1 heterocycles. The Morgan fingerprint density at radius 1 is 1.19 bits per heavy atom. The van der Waals surface area contributed by atoms with Gasteiger partial charge < -0.3 is 19.5 Å². The maximum atomic E-state index is 5.59. The molecule has 21 heavy (non-hydrogen) atoms. The van der Waals surface area contributed by atoms with Crippen LogP contribution in [0.3, 0.4) is 0 Å². The number of ether oxygens (including phenoxy) is 3. The van der Waals surface area contributed by atoms with E-state index in [1.807, 2.05) is 12.3 Å². The second kappa shape index (κ2) is 11.5. The molecule has 0 saturated heterocycles. The summed E-state index contributed by atoms with van der Waals surface area (Å²) in [7, 11) is 1.67. The van der Waals surface area contributed by atoms with E-state index in [4.69, 9.17) is 14.2 Å². The average Bonchev–Trinajstić information content (AvgIpc) is 2.52. The Bertz CT molecular complexity index is 357. The number of nitrogens with zero attached hydrogens (tertiary/aromatic N) is 1. The van der Waals surface area contributed by atoms with Crippen LogP contribution in [-0.4, -0.2) is 45.1 Å². The molecule has 5 heteroatoms. The molecule has 0 fully saturated rings. The second-order valence-electron chi connectivity index (χ2n) is 4.91. The SMILES string of the molecule is CCCNC(C)c1ccc(OCCCOCCOC)nc1. The Balaban J connectivity index is 2.19. The van der Waals surface area contributed by atoms with E-state index in [1.165, 1.54) is 5.56 Å². The van der Waals surface area contributed by atoms with Crippen molar-refractivity contribution in [2.75, 3.05) is 40.1 Å². The Morgan fingerprint density at radius 2 is 2.05 bits per heavy atom. The fourth-order valence-corrected chi connectivity index (χ4v) is 1.79. The fourth-order valence-electron chi connectivity index (χ4n) is 1.79. The zero-order valence-electron chi connectivity index (χ0n) is 13.4. The van der Waals surface area contributed by atoms with Crippen LogP contribution in [-0.2, 0) is 9.47 Å². The van der Waals surface area contributed by atoms with Crippen LogP contribution in [0.5, 0.6) is 5.88 Å². The number of hydrogen-bond donors (Lipinski definition) is 1. The standard InChI is InChI=1S/C16H28N2O3/c1-4-8-17-14(2)15-6-7-16(18-13-15)21-10-5-9-20-12-11-19-3/h6-7,13-14,17H,4-5,8-12H2,1-3H3. The molecule has 0 spiro atoms. The van der Waals surface area contributed by atoms with Crippen LogP contribution in [0, 0.1) is 0 Å². The first kappa shape index (κ1) is 17.9. The molecule has 0 aromatic carbocycles. The first-order chi connectivity index (χ1) is 10.3. The molecule has 1 aromatic rings. The second-order valence-corrected chi connectivity index (χ2v) is 4.91. The third-order valence-corrected chi connectivity index (χ3v) is 3.07. The molecule has 1 N–H and O–H groups in total. The highest BCUT2D eigenvalue weighted by atomic mass is 16.5. The third kappa shape index (κ3) is 7.99. The zero-order valence-corrected chi connectivity index (χ0v) is 13.4. The number of rotatable bonds is 12. The Hall–Kier alpha value is -1.17. The summed E-state index contributed by atoms with van der Waals surface area (Å²) in [4.78, 5) is 4.33. The molecule has 5 nitrogen and oxygen atoms in total. The Morgan fingerprint density at radius 3 is 2.71 bits per heavy atom. The van der Waals surface area contributed by atoms with Gasteiger partial charge in [0.2, 0.25) is 5.88 Å². The van der Waals surface area contributed by atoms with Crippen molar-refractivity contribution in [2.45, 2.75) is 32.7 Å². The molecular weight excluding hydrogens is 268 g/mol. The van der Waals surface area contributed by atoms with Gasteiger partial charge in [-0.15, -0.1) is 0 Å². The van der Waals surface area contributed by atoms with Gasteiger partial charge in [0.05, 0.1) is 19.8 Å². The first-order valence-corrected chi connectivity index (χ1v) is 7.66. The largest absolute Gasteiger partial charge is 0.478 e. The van der Waals surface area contributed by atoms with Crippen LogP contribution in [0.25, 0.3) is 0 Å². The van der Waals surface area contributed by atoms with Gasteiger partial charge in [-0.25, -0.2) is 4.98 Å². The Kier molecular flexibility index (Phi) is 9.78. The molecule has 1 rings (SSSR count). The van der Waals surface area contributed by atoms with Gasteiger partial charge in [0.1, 0.15) is 0 Å². The summed E-state index contributed by atoms with van der Waals surface area (Å²) in [5.74, 6) is 0.665. The number of aromatic nitrogens is 1. The topological polar surface area (TPSA) is 52.6 Å². The van der Waals surface area contributed by atoms with Crippen LogP contribution in [0.4, 0.5) is 0 Å². The molecule has 120 valence electrons. The highest BCUT2D eigenvalue weighted by Gasteiger charge is 2.04. The van der Waals surface area contributed by atoms with Gasteiger partial charge in [-0.1, -0.05) is 13.0 Å². The normalized spacial score (nSPS) is 12.3. The van der Waals surface area contributed by atoms with Gasteiger partial charge in [0.25, 0.3) is 0 Å². The third-order valence-electron chi connectivity index (χ3n) is 3.07. The molecule has 1 aromatic heterocycles. The van der Waals surface area contributed by atoms with Gasteiger partial charge in [-0.3, -0.25) is 0 Å². The van der Waals surface area contributed by atoms with E-state index in [9.17, 15) is 0 Å². The van der Waals surface area contributed by atoms with Crippen LogP contribution >= 0.6 is 0 Å².